The van der Waals surface area contributed by atoms with Gasteiger partial charge in [-0.1, -0.05) is 35.5 Å². The van der Waals surface area contributed by atoms with E-state index in [4.69, 9.17) is 4.52 Å². The third-order valence-electron chi connectivity index (χ3n) is 2.75. The average Bonchev–Trinajstić information content (AvgIpc) is 2.86. The Labute approximate surface area is 117 Å². The first-order valence-corrected chi connectivity index (χ1v) is 6.28. The second-order valence-corrected chi connectivity index (χ2v) is 4.52. The number of carbonyl (C=O) groups excluding carboxylic acids is 1. The van der Waals surface area contributed by atoms with Crippen LogP contribution in [0.3, 0.4) is 0 Å². The highest BCUT2D eigenvalue weighted by atomic mass is 16.5. The Bertz CT molecular complexity index is 554. The molecule has 0 spiro atoms. The number of rotatable bonds is 6. The Kier molecular flexibility index (Phi) is 4.84. The summed E-state index contributed by atoms with van der Waals surface area (Å²) in [5.41, 5.74) is 1.13. The van der Waals surface area contributed by atoms with Crippen molar-refractivity contribution in [3.63, 3.8) is 0 Å². The van der Waals surface area contributed by atoms with Gasteiger partial charge in [-0.15, -0.1) is 0 Å². The zero-order valence-electron chi connectivity index (χ0n) is 11.6. The fraction of sp³-hybridized carbons (Fsp3) is 0.357. The molecule has 0 aliphatic carbocycles. The lowest BCUT2D eigenvalue weighted by atomic mass is 10.1. The van der Waals surface area contributed by atoms with Gasteiger partial charge in [0.25, 0.3) is 0 Å². The molecule has 2 aromatic rings. The van der Waals surface area contributed by atoms with Crippen LogP contribution in [0.15, 0.2) is 34.9 Å². The van der Waals surface area contributed by atoms with Crippen molar-refractivity contribution in [1.29, 1.82) is 0 Å². The molecule has 0 radical (unpaired) electrons. The molecule has 0 fully saturated rings. The molecule has 1 aromatic carbocycles. The molecule has 20 heavy (non-hydrogen) atoms. The van der Waals surface area contributed by atoms with Gasteiger partial charge in [-0.05, 0) is 12.6 Å². The summed E-state index contributed by atoms with van der Waals surface area (Å²) in [7, 11) is 3.15. The second-order valence-electron chi connectivity index (χ2n) is 4.52. The fourth-order valence-corrected chi connectivity index (χ4v) is 1.78. The highest BCUT2D eigenvalue weighted by Crippen LogP contribution is 2.07. The highest BCUT2D eigenvalue weighted by Gasteiger charge is 2.12. The molecular formula is C14H17N3O3. The summed E-state index contributed by atoms with van der Waals surface area (Å²) in [6.07, 6.45) is 0.630. The van der Waals surface area contributed by atoms with Crippen molar-refractivity contribution in [3.05, 3.63) is 47.6 Å². The largest absolute Gasteiger partial charge is 0.468 e. The minimum absolute atomic E-state index is 0.187. The van der Waals surface area contributed by atoms with Gasteiger partial charge in [0.15, 0.2) is 5.82 Å². The quantitative estimate of drug-likeness (QED) is 0.739. The minimum Gasteiger partial charge on any atom is -0.468 e. The topological polar surface area (TPSA) is 68.5 Å². The molecule has 1 heterocycles. The summed E-state index contributed by atoms with van der Waals surface area (Å²) in [6, 6.07) is 9.94. The van der Waals surface area contributed by atoms with Gasteiger partial charge in [-0.25, -0.2) is 0 Å². The second kappa shape index (κ2) is 6.81. The SMILES string of the molecule is COC(=O)CN(C)Cc1nc(Cc2ccccc2)no1. The van der Waals surface area contributed by atoms with E-state index in [1.54, 1.807) is 11.9 Å². The molecule has 2 rings (SSSR count). The third-order valence-corrected chi connectivity index (χ3v) is 2.75. The van der Waals surface area contributed by atoms with Crippen molar-refractivity contribution in [2.75, 3.05) is 20.7 Å². The molecule has 0 bridgehead atoms. The van der Waals surface area contributed by atoms with E-state index in [1.165, 1.54) is 7.11 Å². The highest BCUT2D eigenvalue weighted by molar-refractivity contribution is 5.71. The van der Waals surface area contributed by atoms with Gasteiger partial charge in [-0.2, -0.15) is 4.98 Å². The van der Waals surface area contributed by atoms with E-state index in [-0.39, 0.29) is 12.5 Å². The first kappa shape index (κ1) is 14.2. The fourth-order valence-electron chi connectivity index (χ4n) is 1.78. The molecule has 0 N–H and O–H groups in total. The van der Waals surface area contributed by atoms with Crippen LogP contribution in [0.1, 0.15) is 17.3 Å². The van der Waals surface area contributed by atoms with E-state index in [1.807, 2.05) is 30.3 Å². The lowest BCUT2D eigenvalue weighted by Crippen LogP contribution is -2.26. The standard InChI is InChI=1S/C14H17N3O3/c1-17(10-14(18)19-2)9-13-15-12(16-20-13)8-11-6-4-3-5-7-11/h3-7H,8-10H2,1-2H3. The number of hydrogen-bond donors (Lipinski definition) is 0. The van der Waals surface area contributed by atoms with Crippen molar-refractivity contribution in [3.8, 4) is 0 Å². The summed E-state index contributed by atoms with van der Waals surface area (Å²) >= 11 is 0. The minimum atomic E-state index is -0.295. The van der Waals surface area contributed by atoms with E-state index in [9.17, 15) is 4.79 Å². The number of ether oxygens (including phenoxy) is 1. The monoisotopic (exact) mass is 275 g/mol. The van der Waals surface area contributed by atoms with Crippen LogP contribution in [0.4, 0.5) is 0 Å². The van der Waals surface area contributed by atoms with E-state index in [0.717, 1.165) is 5.56 Å². The van der Waals surface area contributed by atoms with Crippen LogP contribution in [0.5, 0.6) is 0 Å². The number of aromatic nitrogens is 2. The number of methoxy groups -OCH3 is 1. The molecule has 106 valence electrons. The number of nitrogens with zero attached hydrogens (tertiary/aromatic N) is 3. The predicted octanol–water partition coefficient (Wildman–Crippen LogP) is 1.27. The Hall–Kier alpha value is -2.21. The summed E-state index contributed by atoms with van der Waals surface area (Å²) in [4.78, 5) is 17.2. The molecule has 0 atom stereocenters. The summed E-state index contributed by atoms with van der Waals surface area (Å²) in [5.74, 6) is 0.830. The molecule has 0 saturated heterocycles. The lowest BCUT2D eigenvalue weighted by molar-refractivity contribution is -0.141. The van der Waals surface area contributed by atoms with Crippen molar-refractivity contribution in [2.24, 2.45) is 0 Å². The molecule has 0 aliphatic heterocycles. The number of hydrogen-bond acceptors (Lipinski definition) is 6. The zero-order valence-corrected chi connectivity index (χ0v) is 11.6. The molecule has 6 heteroatoms. The van der Waals surface area contributed by atoms with Crippen LogP contribution < -0.4 is 0 Å². The summed E-state index contributed by atoms with van der Waals surface area (Å²) < 4.78 is 9.76. The van der Waals surface area contributed by atoms with Gasteiger partial charge in [0.05, 0.1) is 20.2 Å². The number of carbonyl (C=O) groups is 1. The van der Waals surface area contributed by atoms with Crippen LogP contribution in [-0.2, 0) is 22.5 Å². The molecule has 6 nitrogen and oxygen atoms in total. The average molecular weight is 275 g/mol. The van der Waals surface area contributed by atoms with E-state index >= 15 is 0 Å². The lowest BCUT2D eigenvalue weighted by Gasteiger charge is -2.11. The normalized spacial score (nSPS) is 10.8. The van der Waals surface area contributed by atoms with Gasteiger partial charge in [0.2, 0.25) is 5.89 Å². The molecular weight excluding hydrogens is 258 g/mol. The van der Waals surface area contributed by atoms with Gasteiger partial charge < -0.3 is 9.26 Å². The van der Waals surface area contributed by atoms with Crippen molar-refractivity contribution in [2.45, 2.75) is 13.0 Å². The van der Waals surface area contributed by atoms with Gasteiger partial charge >= 0.3 is 5.97 Å². The van der Waals surface area contributed by atoms with Crippen LogP contribution in [0.25, 0.3) is 0 Å². The van der Waals surface area contributed by atoms with Gasteiger partial charge in [-0.3, -0.25) is 9.69 Å². The van der Waals surface area contributed by atoms with Gasteiger partial charge in [0, 0.05) is 6.42 Å². The summed E-state index contributed by atoms with van der Waals surface area (Å²) in [6.45, 7) is 0.601. The maximum atomic E-state index is 11.1. The summed E-state index contributed by atoms with van der Waals surface area (Å²) in [5, 5.41) is 3.93. The van der Waals surface area contributed by atoms with Crippen molar-refractivity contribution >= 4 is 5.97 Å². The number of esters is 1. The molecule has 1 aromatic heterocycles. The predicted molar refractivity (Wildman–Crippen MR) is 71.9 cm³/mol. The van der Waals surface area contributed by atoms with Gasteiger partial charge in [0.1, 0.15) is 0 Å². The number of benzene rings is 1. The molecule has 0 unspecified atom stereocenters. The number of likely N-dealkylation sites (N-methyl/N-ethyl adjacent to an activating group) is 1. The first-order chi connectivity index (χ1) is 9.67. The molecule has 0 amide bonds. The van der Waals surface area contributed by atoms with Crippen LogP contribution in [0, 0.1) is 0 Å². The Balaban J connectivity index is 1.90. The Morgan fingerprint density at radius 1 is 1.35 bits per heavy atom. The Morgan fingerprint density at radius 3 is 2.80 bits per heavy atom. The smallest absolute Gasteiger partial charge is 0.319 e. The van der Waals surface area contributed by atoms with E-state index < -0.39 is 0 Å². The van der Waals surface area contributed by atoms with Crippen molar-refractivity contribution in [1.82, 2.24) is 15.0 Å². The first-order valence-electron chi connectivity index (χ1n) is 6.28. The molecule has 0 aliphatic rings. The van der Waals surface area contributed by atoms with E-state index in [2.05, 4.69) is 14.9 Å². The molecule has 0 saturated carbocycles. The maximum Gasteiger partial charge on any atom is 0.319 e. The zero-order chi connectivity index (χ0) is 14.4. The Morgan fingerprint density at radius 2 is 2.10 bits per heavy atom. The third kappa shape index (κ3) is 4.17. The van der Waals surface area contributed by atoms with Crippen LogP contribution in [0.2, 0.25) is 0 Å². The van der Waals surface area contributed by atoms with Crippen molar-refractivity contribution < 1.29 is 14.1 Å². The van der Waals surface area contributed by atoms with Crippen LogP contribution in [-0.4, -0.2) is 41.7 Å². The van der Waals surface area contributed by atoms with Crippen LogP contribution >= 0.6 is 0 Å². The maximum absolute atomic E-state index is 11.1. The van der Waals surface area contributed by atoms with E-state index in [0.29, 0.717) is 24.7 Å².